The first-order valence-electron chi connectivity index (χ1n) is 17.4. The molecule has 0 saturated heterocycles. The van der Waals surface area contributed by atoms with Gasteiger partial charge >= 0.3 is 0 Å². The molecule has 0 fully saturated rings. The van der Waals surface area contributed by atoms with Crippen molar-refractivity contribution in [1.29, 1.82) is 0 Å². The second-order valence-corrected chi connectivity index (χ2v) is 13.8. The summed E-state index contributed by atoms with van der Waals surface area (Å²) >= 11 is 0. The van der Waals surface area contributed by atoms with Gasteiger partial charge in [0.05, 0.1) is 5.69 Å². The van der Waals surface area contributed by atoms with Crippen LogP contribution in [-0.4, -0.2) is 0 Å². The van der Waals surface area contributed by atoms with E-state index < -0.39 is 0 Å². The van der Waals surface area contributed by atoms with Crippen molar-refractivity contribution in [1.82, 2.24) is 0 Å². The highest BCUT2D eigenvalue weighted by molar-refractivity contribution is 6.00. The molecule has 8 aromatic rings. The highest BCUT2D eigenvalue weighted by atomic mass is 15.1. The molecule has 0 amide bonds. The quantitative estimate of drug-likeness (QED) is 0.175. The van der Waals surface area contributed by atoms with Gasteiger partial charge in [0.2, 0.25) is 0 Å². The second-order valence-electron chi connectivity index (χ2n) is 13.8. The van der Waals surface area contributed by atoms with Crippen molar-refractivity contribution in [2.75, 3.05) is 4.90 Å². The van der Waals surface area contributed by atoms with E-state index in [4.69, 9.17) is 0 Å². The average molecular weight is 640 g/mol. The van der Waals surface area contributed by atoms with Crippen molar-refractivity contribution in [3.8, 4) is 44.5 Å². The number of rotatable bonds is 6. The molecule has 0 unspecified atom stereocenters. The van der Waals surface area contributed by atoms with Crippen molar-refractivity contribution >= 4 is 27.8 Å². The molecule has 0 saturated carbocycles. The van der Waals surface area contributed by atoms with E-state index in [1.165, 1.54) is 66.4 Å². The third kappa shape index (κ3) is 5.02. The van der Waals surface area contributed by atoms with Gasteiger partial charge in [0, 0.05) is 22.2 Å². The molecule has 0 radical (unpaired) electrons. The van der Waals surface area contributed by atoms with Crippen molar-refractivity contribution in [2.24, 2.45) is 0 Å². The molecule has 0 heterocycles. The van der Waals surface area contributed by atoms with Gasteiger partial charge in [-0.15, -0.1) is 0 Å². The van der Waals surface area contributed by atoms with E-state index in [9.17, 15) is 0 Å². The number of benzene rings is 8. The van der Waals surface area contributed by atoms with E-state index in [-0.39, 0.29) is 5.41 Å². The minimum absolute atomic E-state index is 0.0999. The van der Waals surface area contributed by atoms with Crippen LogP contribution in [0.4, 0.5) is 17.1 Å². The normalized spacial score (nSPS) is 12.8. The Hall–Kier alpha value is -6.18. The van der Waals surface area contributed by atoms with Crippen LogP contribution < -0.4 is 4.90 Å². The van der Waals surface area contributed by atoms with Gasteiger partial charge < -0.3 is 4.90 Å². The fourth-order valence-electron chi connectivity index (χ4n) is 7.91. The fourth-order valence-corrected chi connectivity index (χ4v) is 7.91. The molecular weight excluding hydrogens is 603 g/mol. The second kappa shape index (κ2) is 12.1. The topological polar surface area (TPSA) is 3.24 Å². The summed E-state index contributed by atoms with van der Waals surface area (Å²) in [6.45, 7) is 4.71. The van der Waals surface area contributed by atoms with E-state index in [0.29, 0.717) is 0 Å². The number of anilines is 3. The maximum Gasteiger partial charge on any atom is 0.0540 e. The van der Waals surface area contributed by atoms with E-state index in [1.807, 2.05) is 0 Å². The molecule has 1 nitrogen and oxygen atoms in total. The molecule has 50 heavy (non-hydrogen) atoms. The summed E-state index contributed by atoms with van der Waals surface area (Å²) in [5, 5.41) is 2.45. The lowest BCUT2D eigenvalue weighted by molar-refractivity contribution is 0.660. The van der Waals surface area contributed by atoms with Gasteiger partial charge in [-0.3, -0.25) is 0 Å². The molecule has 0 spiro atoms. The summed E-state index contributed by atoms with van der Waals surface area (Å²) in [5.74, 6) is 0. The Labute approximate surface area is 294 Å². The number of fused-ring (bicyclic) bond motifs is 4. The van der Waals surface area contributed by atoms with Crippen LogP contribution >= 0.6 is 0 Å². The number of hydrogen-bond donors (Lipinski definition) is 0. The predicted octanol–water partition coefficient (Wildman–Crippen LogP) is 13.6. The minimum atomic E-state index is -0.0999. The third-order valence-corrected chi connectivity index (χ3v) is 10.5. The molecule has 1 aliphatic carbocycles. The Balaban J connectivity index is 1.24. The Morgan fingerprint density at radius 1 is 0.360 bits per heavy atom. The van der Waals surface area contributed by atoms with Gasteiger partial charge in [-0.05, 0) is 91.4 Å². The summed E-state index contributed by atoms with van der Waals surface area (Å²) in [7, 11) is 0. The summed E-state index contributed by atoms with van der Waals surface area (Å²) < 4.78 is 0. The highest BCUT2D eigenvalue weighted by Crippen LogP contribution is 2.51. The van der Waals surface area contributed by atoms with Crippen LogP contribution in [-0.2, 0) is 5.41 Å². The molecule has 0 N–H and O–H groups in total. The lowest BCUT2D eigenvalue weighted by Gasteiger charge is -2.30. The van der Waals surface area contributed by atoms with Gasteiger partial charge in [-0.25, -0.2) is 0 Å². The standard InChI is InChI=1S/C49H37N/c1-49(2)46-22-12-11-21-43(46)44-31-29-40(33-47(44)49)50(48-23-13-19-36-18-9-10-20-42(36)48)39-28-30-41(45(32-39)37-16-7-4-8-17-37)38-26-24-35(25-27-38)34-14-5-3-6-15-34/h3-33H,1-2H3. The highest BCUT2D eigenvalue weighted by Gasteiger charge is 2.35. The van der Waals surface area contributed by atoms with Crippen molar-refractivity contribution in [3.63, 3.8) is 0 Å². The van der Waals surface area contributed by atoms with Crippen molar-refractivity contribution < 1.29 is 0 Å². The average Bonchev–Trinajstić information content (AvgIpc) is 3.41. The first-order chi connectivity index (χ1) is 24.6. The van der Waals surface area contributed by atoms with Gasteiger partial charge in [0.15, 0.2) is 0 Å². The van der Waals surface area contributed by atoms with Gasteiger partial charge in [-0.2, -0.15) is 0 Å². The lowest BCUT2D eigenvalue weighted by atomic mass is 9.82. The molecule has 238 valence electrons. The van der Waals surface area contributed by atoms with Crippen LogP contribution in [0, 0.1) is 0 Å². The van der Waals surface area contributed by atoms with Crippen LogP contribution in [0.5, 0.6) is 0 Å². The van der Waals surface area contributed by atoms with Crippen LogP contribution in [0.15, 0.2) is 188 Å². The summed E-state index contributed by atoms with van der Waals surface area (Å²) in [6, 6.07) is 68.6. The first-order valence-corrected chi connectivity index (χ1v) is 17.4. The predicted molar refractivity (Wildman–Crippen MR) is 213 cm³/mol. The zero-order chi connectivity index (χ0) is 33.7. The number of hydrogen-bond acceptors (Lipinski definition) is 1. The lowest BCUT2D eigenvalue weighted by Crippen LogP contribution is -2.16. The SMILES string of the molecule is CC1(C)c2ccccc2-c2ccc(N(c3ccc(-c4ccc(-c5ccccc5)cc4)c(-c4ccccc4)c3)c3cccc4ccccc34)cc21. The van der Waals surface area contributed by atoms with E-state index in [1.54, 1.807) is 0 Å². The molecule has 0 atom stereocenters. The molecule has 0 aromatic heterocycles. The van der Waals surface area contributed by atoms with Gasteiger partial charge in [0.25, 0.3) is 0 Å². The zero-order valence-corrected chi connectivity index (χ0v) is 28.3. The molecule has 8 aromatic carbocycles. The largest absolute Gasteiger partial charge is 0.310 e. The van der Waals surface area contributed by atoms with Crippen LogP contribution in [0.2, 0.25) is 0 Å². The van der Waals surface area contributed by atoms with Crippen LogP contribution in [0.3, 0.4) is 0 Å². The maximum atomic E-state index is 2.45. The number of nitrogens with zero attached hydrogens (tertiary/aromatic N) is 1. The van der Waals surface area contributed by atoms with E-state index >= 15 is 0 Å². The van der Waals surface area contributed by atoms with Gasteiger partial charge in [0.1, 0.15) is 0 Å². The Kier molecular flexibility index (Phi) is 7.21. The Morgan fingerprint density at radius 3 is 1.68 bits per heavy atom. The third-order valence-electron chi connectivity index (χ3n) is 10.5. The van der Waals surface area contributed by atoms with E-state index in [0.717, 1.165) is 17.1 Å². The van der Waals surface area contributed by atoms with Gasteiger partial charge in [-0.1, -0.05) is 172 Å². The van der Waals surface area contributed by atoms with E-state index in [2.05, 4.69) is 207 Å². The molecular formula is C49H37N. The van der Waals surface area contributed by atoms with Crippen LogP contribution in [0.25, 0.3) is 55.3 Å². The van der Waals surface area contributed by atoms with Crippen molar-refractivity contribution in [3.05, 3.63) is 199 Å². The smallest absolute Gasteiger partial charge is 0.0540 e. The van der Waals surface area contributed by atoms with Crippen LogP contribution in [0.1, 0.15) is 25.0 Å². The molecule has 1 aliphatic rings. The monoisotopic (exact) mass is 639 g/mol. The molecule has 1 heteroatoms. The summed E-state index contributed by atoms with van der Waals surface area (Å²) in [4.78, 5) is 2.45. The Morgan fingerprint density at radius 2 is 0.900 bits per heavy atom. The molecule has 0 aliphatic heterocycles. The molecule has 0 bridgehead atoms. The zero-order valence-electron chi connectivity index (χ0n) is 28.3. The molecule has 9 rings (SSSR count). The minimum Gasteiger partial charge on any atom is -0.310 e. The summed E-state index contributed by atoms with van der Waals surface area (Å²) in [6.07, 6.45) is 0. The Bertz CT molecular complexity index is 2490. The summed E-state index contributed by atoms with van der Waals surface area (Å²) in [5.41, 5.74) is 16.0. The van der Waals surface area contributed by atoms with Crippen molar-refractivity contribution in [2.45, 2.75) is 19.3 Å². The maximum absolute atomic E-state index is 2.45. The fraction of sp³-hybridized carbons (Fsp3) is 0.0612. The first kappa shape index (κ1) is 29.9.